The van der Waals surface area contributed by atoms with E-state index in [0.717, 1.165) is 22.4 Å². The van der Waals surface area contributed by atoms with Gasteiger partial charge in [-0.1, -0.05) is 29.8 Å². The zero-order valence-corrected chi connectivity index (χ0v) is 15.1. The molecule has 1 unspecified atom stereocenters. The number of nitrogens with zero attached hydrogens (tertiary/aromatic N) is 1. The molecular weight excluding hydrogens is 322 g/mol. The van der Waals surface area contributed by atoms with Crippen molar-refractivity contribution in [2.24, 2.45) is 0 Å². The number of sulfone groups is 1. The third-order valence-electron chi connectivity index (χ3n) is 4.74. The predicted octanol–water partition coefficient (Wildman–Crippen LogP) is 3.01. The highest BCUT2D eigenvalue weighted by Gasteiger charge is 2.48. The van der Waals surface area contributed by atoms with Gasteiger partial charge < -0.3 is 4.90 Å². The highest BCUT2D eigenvalue weighted by molar-refractivity contribution is 7.91. The summed E-state index contributed by atoms with van der Waals surface area (Å²) in [5.41, 5.74) is 2.54. The van der Waals surface area contributed by atoms with Gasteiger partial charge in [0.2, 0.25) is 5.91 Å². The third kappa shape index (κ3) is 2.53. The van der Waals surface area contributed by atoms with E-state index in [1.54, 1.807) is 43.1 Å². The maximum Gasteiger partial charge on any atom is 0.238 e. The van der Waals surface area contributed by atoms with Crippen molar-refractivity contribution in [2.45, 2.75) is 31.1 Å². The van der Waals surface area contributed by atoms with E-state index in [2.05, 4.69) is 0 Å². The van der Waals surface area contributed by atoms with Gasteiger partial charge in [-0.25, -0.2) is 8.42 Å². The van der Waals surface area contributed by atoms with Gasteiger partial charge in [-0.3, -0.25) is 4.79 Å². The molecule has 0 saturated carbocycles. The van der Waals surface area contributed by atoms with Crippen LogP contribution in [-0.2, 0) is 20.0 Å². The van der Waals surface area contributed by atoms with E-state index in [0.29, 0.717) is 0 Å². The van der Waals surface area contributed by atoms with Crippen molar-refractivity contribution in [3.63, 3.8) is 0 Å². The van der Waals surface area contributed by atoms with Crippen LogP contribution in [0.25, 0.3) is 0 Å². The number of benzene rings is 2. The van der Waals surface area contributed by atoms with E-state index < -0.39 is 15.3 Å². The van der Waals surface area contributed by atoms with Crippen molar-refractivity contribution in [1.82, 2.24) is 0 Å². The number of anilines is 1. The van der Waals surface area contributed by atoms with Gasteiger partial charge in [0.25, 0.3) is 0 Å². The molecule has 0 saturated heterocycles. The second-order valence-electron chi connectivity index (χ2n) is 6.79. The van der Waals surface area contributed by atoms with E-state index in [1.807, 2.05) is 32.0 Å². The van der Waals surface area contributed by atoms with Crippen LogP contribution in [0.1, 0.15) is 23.6 Å². The second-order valence-corrected chi connectivity index (χ2v) is 8.78. The highest BCUT2D eigenvalue weighted by Crippen LogP contribution is 2.43. The average Bonchev–Trinajstić information content (AvgIpc) is 2.69. The van der Waals surface area contributed by atoms with Gasteiger partial charge in [-0.15, -0.1) is 0 Å². The van der Waals surface area contributed by atoms with E-state index in [9.17, 15) is 13.2 Å². The summed E-state index contributed by atoms with van der Waals surface area (Å²) in [5.74, 6) is -0.416. The van der Waals surface area contributed by atoms with E-state index in [1.165, 1.54) is 0 Å². The number of hydrogen-bond donors (Lipinski definition) is 0. The van der Waals surface area contributed by atoms with Crippen molar-refractivity contribution in [3.8, 4) is 0 Å². The SMILES string of the molecule is Cc1ccc(S(=O)(=O)CC2(C)C(=O)N(C)c3cc(C)ccc32)cc1. The molecule has 0 aliphatic carbocycles. The van der Waals surface area contributed by atoms with Gasteiger partial charge >= 0.3 is 0 Å². The van der Waals surface area contributed by atoms with Crippen LogP contribution in [0.3, 0.4) is 0 Å². The number of aryl methyl sites for hydroxylation is 2. The highest BCUT2D eigenvalue weighted by atomic mass is 32.2. The molecule has 1 amide bonds. The summed E-state index contributed by atoms with van der Waals surface area (Å²) in [5, 5.41) is 0. The minimum absolute atomic E-state index is 0.182. The van der Waals surface area contributed by atoms with Crippen molar-refractivity contribution >= 4 is 21.4 Å². The lowest BCUT2D eigenvalue weighted by Gasteiger charge is -2.23. The zero-order chi connectivity index (χ0) is 17.7. The Labute approximate surface area is 143 Å². The molecule has 5 heteroatoms. The molecule has 4 nitrogen and oxygen atoms in total. The lowest BCUT2D eigenvalue weighted by Crippen LogP contribution is -2.41. The van der Waals surface area contributed by atoms with Gasteiger partial charge in [-0.2, -0.15) is 0 Å². The Morgan fingerprint density at radius 3 is 2.21 bits per heavy atom. The summed E-state index contributed by atoms with van der Waals surface area (Å²) in [6, 6.07) is 12.5. The molecule has 0 radical (unpaired) electrons. The minimum Gasteiger partial charge on any atom is -0.314 e. The molecule has 1 heterocycles. The van der Waals surface area contributed by atoms with Crippen LogP contribution in [-0.4, -0.2) is 27.1 Å². The Balaban J connectivity index is 2.06. The molecule has 2 aromatic carbocycles. The van der Waals surface area contributed by atoms with Crippen LogP contribution < -0.4 is 4.90 Å². The summed E-state index contributed by atoms with van der Waals surface area (Å²) in [6.07, 6.45) is 0. The predicted molar refractivity (Wildman–Crippen MR) is 95.2 cm³/mol. The Morgan fingerprint density at radius 2 is 1.58 bits per heavy atom. The molecular formula is C19H21NO3S. The van der Waals surface area contributed by atoms with Crippen molar-refractivity contribution in [2.75, 3.05) is 17.7 Å². The van der Waals surface area contributed by atoms with Crippen LogP contribution in [0.2, 0.25) is 0 Å². The van der Waals surface area contributed by atoms with Crippen LogP contribution in [0, 0.1) is 13.8 Å². The monoisotopic (exact) mass is 343 g/mol. The molecule has 24 heavy (non-hydrogen) atoms. The molecule has 1 aliphatic heterocycles. The van der Waals surface area contributed by atoms with E-state index in [-0.39, 0.29) is 16.6 Å². The molecule has 1 atom stereocenters. The maximum atomic E-state index is 12.9. The minimum atomic E-state index is -3.58. The molecule has 3 rings (SSSR count). The Morgan fingerprint density at radius 1 is 1.00 bits per heavy atom. The van der Waals surface area contributed by atoms with Crippen LogP contribution in [0.15, 0.2) is 47.4 Å². The molecule has 0 bridgehead atoms. The molecule has 1 aliphatic rings. The lowest BCUT2D eigenvalue weighted by atomic mass is 9.85. The average molecular weight is 343 g/mol. The Bertz CT molecular complexity index is 916. The smallest absolute Gasteiger partial charge is 0.238 e. The van der Waals surface area contributed by atoms with E-state index in [4.69, 9.17) is 0 Å². The van der Waals surface area contributed by atoms with Gasteiger partial charge in [0, 0.05) is 12.7 Å². The molecule has 126 valence electrons. The van der Waals surface area contributed by atoms with Crippen LogP contribution in [0.5, 0.6) is 0 Å². The number of likely N-dealkylation sites (N-methyl/N-ethyl adjacent to an activating group) is 1. The number of amides is 1. The summed E-state index contributed by atoms with van der Waals surface area (Å²) >= 11 is 0. The third-order valence-corrected chi connectivity index (χ3v) is 6.69. The summed E-state index contributed by atoms with van der Waals surface area (Å²) in [7, 11) is -1.88. The van der Waals surface area contributed by atoms with Gasteiger partial charge in [0.05, 0.1) is 16.1 Å². The number of rotatable bonds is 3. The molecule has 0 aromatic heterocycles. The zero-order valence-electron chi connectivity index (χ0n) is 14.3. The summed E-state index contributed by atoms with van der Waals surface area (Å²) in [6.45, 7) is 5.59. The fourth-order valence-electron chi connectivity index (χ4n) is 3.33. The number of carbonyl (C=O) groups excluding carboxylic acids is 1. The van der Waals surface area contributed by atoms with Crippen molar-refractivity contribution in [3.05, 3.63) is 59.2 Å². The first kappa shape index (κ1) is 16.7. The number of carbonyl (C=O) groups is 1. The second kappa shape index (κ2) is 5.45. The Hall–Kier alpha value is -2.14. The van der Waals surface area contributed by atoms with Gasteiger partial charge in [0.15, 0.2) is 9.84 Å². The summed E-state index contributed by atoms with van der Waals surface area (Å²) in [4.78, 5) is 14.6. The first-order valence-electron chi connectivity index (χ1n) is 7.84. The first-order valence-corrected chi connectivity index (χ1v) is 9.49. The maximum absolute atomic E-state index is 12.9. The molecule has 0 spiro atoms. The van der Waals surface area contributed by atoms with E-state index >= 15 is 0 Å². The molecule has 0 fully saturated rings. The summed E-state index contributed by atoms with van der Waals surface area (Å²) < 4.78 is 25.7. The largest absolute Gasteiger partial charge is 0.314 e. The van der Waals surface area contributed by atoms with Crippen molar-refractivity contribution in [1.29, 1.82) is 0 Å². The van der Waals surface area contributed by atoms with Crippen LogP contribution in [0.4, 0.5) is 5.69 Å². The Kier molecular flexibility index (Phi) is 3.79. The molecule has 0 N–H and O–H groups in total. The van der Waals surface area contributed by atoms with Crippen LogP contribution >= 0.6 is 0 Å². The first-order chi connectivity index (χ1) is 11.1. The number of fused-ring (bicyclic) bond motifs is 1. The molecule has 2 aromatic rings. The van der Waals surface area contributed by atoms with Crippen molar-refractivity contribution < 1.29 is 13.2 Å². The standard InChI is InChI=1S/C19H21NO3S/c1-13-5-8-15(9-6-13)24(22,23)12-19(3)16-10-7-14(2)11-17(16)20(4)18(19)21/h5-11H,12H2,1-4H3. The lowest BCUT2D eigenvalue weighted by molar-refractivity contribution is -0.121. The van der Waals surface area contributed by atoms with Gasteiger partial charge in [0.1, 0.15) is 0 Å². The fourth-order valence-corrected chi connectivity index (χ4v) is 5.09. The normalized spacial score (nSPS) is 20.3. The number of hydrogen-bond acceptors (Lipinski definition) is 3. The fraction of sp³-hybridized carbons (Fsp3) is 0.316. The van der Waals surface area contributed by atoms with Gasteiger partial charge in [-0.05, 0) is 50.1 Å². The quantitative estimate of drug-likeness (QED) is 0.861. The topological polar surface area (TPSA) is 54.5 Å².